The van der Waals surface area contributed by atoms with Gasteiger partial charge in [0.1, 0.15) is 0 Å². The zero-order chi connectivity index (χ0) is 10.9. The van der Waals surface area contributed by atoms with Gasteiger partial charge in [0.15, 0.2) is 0 Å². The number of nitrogens with one attached hydrogen (secondary N) is 1. The van der Waals surface area contributed by atoms with Crippen LogP contribution in [-0.4, -0.2) is 50.3 Å². The van der Waals surface area contributed by atoms with E-state index in [9.17, 15) is 0 Å². The van der Waals surface area contributed by atoms with Crippen molar-refractivity contribution in [2.75, 3.05) is 33.4 Å². The van der Waals surface area contributed by atoms with Crippen LogP contribution in [0.1, 0.15) is 26.7 Å². The number of nitrogens with zero attached hydrogens (tertiary/aromatic N) is 1. The first-order chi connectivity index (χ1) is 7.11. The quantitative estimate of drug-likeness (QED) is 0.713. The van der Waals surface area contributed by atoms with Gasteiger partial charge in [-0.1, -0.05) is 6.92 Å². The van der Waals surface area contributed by atoms with Crippen LogP contribution in [0.3, 0.4) is 0 Å². The molecule has 2 rings (SSSR count). The van der Waals surface area contributed by atoms with Crippen LogP contribution in [0.25, 0.3) is 0 Å². The lowest BCUT2D eigenvalue weighted by atomic mass is 9.89. The molecule has 0 spiro atoms. The topological polar surface area (TPSA) is 24.5 Å². The molecule has 3 nitrogen and oxygen atoms in total. The Morgan fingerprint density at radius 3 is 2.60 bits per heavy atom. The van der Waals surface area contributed by atoms with Gasteiger partial charge in [0.2, 0.25) is 0 Å². The maximum atomic E-state index is 5.24. The van der Waals surface area contributed by atoms with Crippen molar-refractivity contribution in [3.05, 3.63) is 0 Å². The van der Waals surface area contributed by atoms with Gasteiger partial charge in [-0.3, -0.25) is 4.90 Å². The van der Waals surface area contributed by atoms with Crippen molar-refractivity contribution in [3.63, 3.8) is 0 Å². The first kappa shape index (κ1) is 11.4. The van der Waals surface area contributed by atoms with Crippen LogP contribution in [0.2, 0.25) is 0 Å². The van der Waals surface area contributed by atoms with E-state index in [1.54, 1.807) is 0 Å². The lowest BCUT2D eigenvalue weighted by Gasteiger charge is -2.38. The number of rotatable bonds is 6. The second-order valence-electron chi connectivity index (χ2n) is 5.68. The molecule has 1 aliphatic heterocycles. The third-order valence-corrected chi connectivity index (χ3v) is 3.71. The molecule has 0 bridgehead atoms. The highest BCUT2D eigenvalue weighted by Crippen LogP contribution is 2.27. The van der Waals surface area contributed by atoms with Gasteiger partial charge in [-0.25, -0.2) is 0 Å². The van der Waals surface area contributed by atoms with Crippen molar-refractivity contribution in [3.8, 4) is 0 Å². The van der Waals surface area contributed by atoms with Crippen molar-refractivity contribution < 1.29 is 4.74 Å². The molecule has 0 radical (unpaired) electrons. The number of likely N-dealkylation sites (N-methyl/N-ethyl adjacent to an activating group) is 1. The van der Waals surface area contributed by atoms with E-state index in [0.717, 1.165) is 32.3 Å². The van der Waals surface area contributed by atoms with Crippen LogP contribution < -0.4 is 5.32 Å². The van der Waals surface area contributed by atoms with Crippen molar-refractivity contribution in [1.82, 2.24) is 10.2 Å². The normalized spacial score (nSPS) is 26.4. The van der Waals surface area contributed by atoms with E-state index in [1.165, 1.54) is 12.8 Å². The molecule has 88 valence electrons. The second kappa shape index (κ2) is 4.40. The fourth-order valence-corrected chi connectivity index (χ4v) is 2.12. The summed E-state index contributed by atoms with van der Waals surface area (Å²) in [5, 5.41) is 3.57. The van der Waals surface area contributed by atoms with Gasteiger partial charge in [-0.05, 0) is 26.8 Å². The van der Waals surface area contributed by atoms with E-state index in [4.69, 9.17) is 4.74 Å². The highest BCUT2D eigenvalue weighted by Gasteiger charge is 2.33. The van der Waals surface area contributed by atoms with Crippen LogP contribution in [0.5, 0.6) is 0 Å². The highest BCUT2D eigenvalue weighted by molar-refractivity contribution is 4.87. The average molecular weight is 212 g/mol. The SMILES string of the molecule is CC(CNCC1(C)COC1)N(C)C1CC1. The molecule has 3 heteroatoms. The Balaban J connectivity index is 1.60. The van der Waals surface area contributed by atoms with E-state index >= 15 is 0 Å². The third-order valence-electron chi connectivity index (χ3n) is 3.71. The lowest BCUT2D eigenvalue weighted by Crippen LogP contribution is -2.49. The smallest absolute Gasteiger partial charge is 0.0554 e. The summed E-state index contributed by atoms with van der Waals surface area (Å²) in [5.41, 5.74) is 0.401. The second-order valence-corrected chi connectivity index (χ2v) is 5.68. The van der Waals surface area contributed by atoms with Gasteiger partial charge >= 0.3 is 0 Å². The summed E-state index contributed by atoms with van der Waals surface area (Å²) in [6, 6.07) is 1.52. The number of hydrogen-bond acceptors (Lipinski definition) is 3. The molecule has 2 fully saturated rings. The van der Waals surface area contributed by atoms with E-state index in [1.807, 2.05) is 0 Å². The molecular formula is C12H24N2O. The molecule has 1 saturated carbocycles. The van der Waals surface area contributed by atoms with Crippen LogP contribution >= 0.6 is 0 Å². The number of hydrogen-bond donors (Lipinski definition) is 1. The Morgan fingerprint density at radius 2 is 2.13 bits per heavy atom. The van der Waals surface area contributed by atoms with Gasteiger partial charge < -0.3 is 10.1 Å². The monoisotopic (exact) mass is 212 g/mol. The summed E-state index contributed by atoms with van der Waals surface area (Å²) < 4.78 is 5.24. The first-order valence-electron chi connectivity index (χ1n) is 6.11. The molecule has 1 N–H and O–H groups in total. The first-order valence-corrected chi connectivity index (χ1v) is 6.11. The molecule has 1 unspecified atom stereocenters. The van der Waals surface area contributed by atoms with Gasteiger partial charge in [0.05, 0.1) is 13.2 Å². The molecule has 0 aromatic heterocycles. The number of ether oxygens (including phenoxy) is 1. The summed E-state index contributed by atoms with van der Waals surface area (Å²) in [4.78, 5) is 2.51. The zero-order valence-electron chi connectivity index (χ0n) is 10.3. The predicted molar refractivity (Wildman–Crippen MR) is 62.0 cm³/mol. The van der Waals surface area contributed by atoms with Crippen molar-refractivity contribution in [2.24, 2.45) is 5.41 Å². The summed E-state index contributed by atoms with van der Waals surface area (Å²) >= 11 is 0. The summed E-state index contributed by atoms with van der Waals surface area (Å²) in [7, 11) is 2.25. The maximum Gasteiger partial charge on any atom is 0.0554 e. The van der Waals surface area contributed by atoms with E-state index in [2.05, 4.69) is 31.1 Å². The Kier molecular flexibility index (Phi) is 3.33. The summed E-state index contributed by atoms with van der Waals surface area (Å²) in [5.74, 6) is 0. The van der Waals surface area contributed by atoms with Gasteiger partial charge in [0, 0.05) is 30.6 Å². The van der Waals surface area contributed by atoms with Crippen LogP contribution in [0.4, 0.5) is 0 Å². The fourth-order valence-electron chi connectivity index (χ4n) is 2.12. The van der Waals surface area contributed by atoms with Crippen molar-refractivity contribution in [2.45, 2.75) is 38.8 Å². The molecule has 1 atom stereocenters. The molecule has 1 aliphatic carbocycles. The lowest BCUT2D eigenvalue weighted by molar-refractivity contribution is -0.0992. The van der Waals surface area contributed by atoms with Crippen molar-refractivity contribution >= 4 is 0 Å². The molecule has 0 aromatic rings. The highest BCUT2D eigenvalue weighted by atomic mass is 16.5. The Hall–Kier alpha value is -0.120. The zero-order valence-corrected chi connectivity index (χ0v) is 10.3. The van der Waals surface area contributed by atoms with Gasteiger partial charge in [-0.2, -0.15) is 0 Å². The van der Waals surface area contributed by atoms with Gasteiger partial charge in [0.25, 0.3) is 0 Å². The molecule has 15 heavy (non-hydrogen) atoms. The molecule has 0 amide bonds. The molecule has 1 heterocycles. The van der Waals surface area contributed by atoms with E-state index < -0.39 is 0 Å². The minimum atomic E-state index is 0.401. The minimum absolute atomic E-state index is 0.401. The molecular weight excluding hydrogens is 188 g/mol. The fraction of sp³-hybridized carbons (Fsp3) is 1.00. The Morgan fingerprint density at radius 1 is 1.47 bits per heavy atom. The summed E-state index contributed by atoms with van der Waals surface area (Å²) in [6.07, 6.45) is 2.79. The summed E-state index contributed by atoms with van der Waals surface area (Å²) in [6.45, 7) is 8.64. The van der Waals surface area contributed by atoms with Crippen LogP contribution in [0, 0.1) is 5.41 Å². The molecule has 1 saturated heterocycles. The largest absolute Gasteiger partial charge is 0.380 e. The average Bonchev–Trinajstić information content (AvgIpc) is 2.97. The molecule has 0 aromatic carbocycles. The molecule has 2 aliphatic rings. The Bertz CT molecular complexity index is 212. The van der Waals surface area contributed by atoms with Crippen molar-refractivity contribution in [1.29, 1.82) is 0 Å². The van der Waals surface area contributed by atoms with Gasteiger partial charge in [-0.15, -0.1) is 0 Å². The standard InChI is InChI=1S/C12H24N2O/c1-10(14(3)11-4-5-11)6-13-7-12(2)8-15-9-12/h10-11,13H,4-9H2,1-3H3. The Labute approximate surface area is 93.2 Å². The third kappa shape index (κ3) is 2.92. The minimum Gasteiger partial charge on any atom is -0.380 e. The van der Waals surface area contributed by atoms with Crippen LogP contribution in [-0.2, 0) is 4.74 Å². The van der Waals surface area contributed by atoms with Crippen LogP contribution in [0.15, 0.2) is 0 Å². The maximum absolute atomic E-state index is 5.24. The predicted octanol–water partition coefficient (Wildman–Crippen LogP) is 1.10. The van der Waals surface area contributed by atoms with E-state index in [-0.39, 0.29) is 0 Å². The van der Waals surface area contributed by atoms with E-state index in [0.29, 0.717) is 11.5 Å².